The predicted octanol–water partition coefficient (Wildman–Crippen LogP) is 0.833. The van der Waals surface area contributed by atoms with Gasteiger partial charge in [-0.05, 0) is 25.0 Å². The zero-order valence-corrected chi connectivity index (χ0v) is 15.1. The van der Waals surface area contributed by atoms with E-state index in [2.05, 4.69) is 25.4 Å². The van der Waals surface area contributed by atoms with Crippen LogP contribution >= 0.6 is 0 Å². The molecule has 2 fully saturated rings. The van der Waals surface area contributed by atoms with Gasteiger partial charge in [-0.15, -0.1) is 0 Å². The Kier molecular flexibility index (Phi) is 4.81. The highest BCUT2D eigenvalue weighted by molar-refractivity contribution is 5.93. The third kappa shape index (κ3) is 3.40. The minimum Gasteiger partial charge on any atom is -0.438 e. The lowest BCUT2D eigenvalue weighted by molar-refractivity contribution is -0.125. The molecule has 2 aromatic rings. The van der Waals surface area contributed by atoms with Gasteiger partial charge in [0.05, 0.1) is 12.9 Å². The second-order valence-corrected chi connectivity index (χ2v) is 6.92. The Balaban J connectivity index is 1.32. The van der Waals surface area contributed by atoms with Gasteiger partial charge in [-0.25, -0.2) is 4.98 Å². The number of anilines is 1. The maximum Gasteiger partial charge on any atom is 0.288 e. The summed E-state index contributed by atoms with van der Waals surface area (Å²) in [5, 5.41) is 5.85. The first-order valence-corrected chi connectivity index (χ1v) is 9.19. The number of aromatic nitrogens is 1. The molecule has 2 aliphatic heterocycles. The van der Waals surface area contributed by atoms with Gasteiger partial charge in [0.1, 0.15) is 5.54 Å². The van der Waals surface area contributed by atoms with Crippen molar-refractivity contribution in [2.45, 2.75) is 18.4 Å². The van der Waals surface area contributed by atoms with E-state index in [9.17, 15) is 9.59 Å². The van der Waals surface area contributed by atoms with Gasteiger partial charge in [0.2, 0.25) is 11.7 Å². The van der Waals surface area contributed by atoms with Gasteiger partial charge >= 0.3 is 0 Å². The largest absolute Gasteiger partial charge is 0.438 e. The Labute approximate surface area is 157 Å². The van der Waals surface area contributed by atoms with Crippen LogP contribution in [0.4, 0.5) is 5.69 Å². The van der Waals surface area contributed by atoms with Crippen LogP contribution in [-0.4, -0.2) is 60.1 Å². The highest BCUT2D eigenvalue weighted by atomic mass is 16.3. The number of amides is 2. The summed E-state index contributed by atoms with van der Waals surface area (Å²) in [6.45, 7) is 3.45. The Morgan fingerprint density at radius 1 is 1.26 bits per heavy atom. The van der Waals surface area contributed by atoms with Gasteiger partial charge in [0.15, 0.2) is 6.39 Å². The Bertz CT molecular complexity index is 785. The maximum absolute atomic E-state index is 12.6. The van der Waals surface area contributed by atoms with Crippen LogP contribution in [0.3, 0.4) is 0 Å². The summed E-state index contributed by atoms with van der Waals surface area (Å²) in [7, 11) is 0. The van der Waals surface area contributed by atoms with Crippen LogP contribution in [0.2, 0.25) is 0 Å². The molecule has 0 saturated carbocycles. The first-order chi connectivity index (χ1) is 13.2. The number of rotatable bonds is 5. The highest BCUT2D eigenvalue weighted by Gasteiger charge is 2.50. The van der Waals surface area contributed by atoms with E-state index in [1.54, 1.807) is 0 Å². The van der Waals surface area contributed by atoms with Crippen LogP contribution in [0, 0.1) is 0 Å². The normalized spacial score (nSPS) is 19.3. The van der Waals surface area contributed by atoms with Crippen LogP contribution < -0.4 is 15.5 Å². The standard InChI is InChI=1S/C19H23N5O3/c25-17(16-12-20-14-27-16)21-8-11-23-9-6-19(7-10-23)18(26)22-13-24(19)15-4-2-1-3-5-15/h1-5,12,14H,6-11,13H2,(H,21,25)(H,22,26). The average Bonchev–Trinajstić information content (AvgIpc) is 3.34. The molecule has 4 rings (SSSR count). The Morgan fingerprint density at radius 3 is 2.74 bits per heavy atom. The lowest BCUT2D eigenvalue weighted by Crippen LogP contribution is -2.57. The highest BCUT2D eigenvalue weighted by Crippen LogP contribution is 2.35. The summed E-state index contributed by atoms with van der Waals surface area (Å²) in [5.41, 5.74) is 0.602. The molecule has 8 nitrogen and oxygen atoms in total. The van der Waals surface area contributed by atoms with E-state index in [4.69, 9.17) is 4.42 Å². The summed E-state index contributed by atoms with van der Waals surface area (Å²) in [4.78, 5) is 32.7. The van der Waals surface area contributed by atoms with Crippen molar-refractivity contribution >= 4 is 17.5 Å². The molecule has 2 aliphatic rings. The van der Waals surface area contributed by atoms with Crippen molar-refractivity contribution in [2.75, 3.05) is 37.7 Å². The smallest absolute Gasteiger partial charge is 0.288 e. The van der Waals surface area contributed by atoms with Crippen LogP contribution in [0.15, 0.2) is 47.3 Å². The molecule has 2 amide bonds. The van der Waals surface area contributed by atoms with Gasteiger partial charge in [0.25, 0.3) is 5.91 Å². The zero-order valence-electron chi connectivity index (χ0n) is 15.1. The summed E-state index contributed by atoms with van der Waals surface area (Å²) in [5.74, 6) is 0.0738. The number of hydrogen-bond donors (Lipinski definition) is 2. The van der Waals surface area contributed by atoms with Crippen molar-refractivity contribution in [2.24, 2.45) is 0 Å². The van der Waals surface area contributed by atoms with Gasteiger partial charge < -0.3 is 24.9 Å². The fraction of sp³-hybridized carbons (Fsp3) is 0.421. The van der Waals surface area contributed by atoms with Crippen molar-refractivity contribution in [1.29, 1.82) is 0 Å². The number of oxazole rings is 1. The molecule has 1 aromatic carbocycles. The van der Waals surface area contributed by atoms with Gasteiger partial charge in [-0.3, -0.25) is 9.59 Å². The number of hydrogen-bond acceptors (Lipinski definition) is 6. The molecule has 27 heavy (non-hydrogen) atoms. The molecule has 3 heterocycles. The average molecular weight is 369 g/mol. The van der Waals surface area contributed by atoms with Crippen LogP contribution in [0.5, 0.6) is 0 Å². The SMILES string of the molecule is O=C(NCCN1CCC2(CC1)C(=O)NCN2c1ccccc1)c1cnco1. The summed E-state index contributed by atoms with van der Waals surface area (Å²) in [6.07, 6.45) is 4.18. The first kappa shape index (κ1) is 17.5. The molecule has 142 valence electrons. The van der Waals surface area contributed by atoms with Crippen LogP contribution in [0.25, 0.3) is 0 Å². The predicted molar refractivity (Wildman–Crippen MR) is 99.2 cm³/mol. The number of nitrogens with zero attached hydrogens (tertiary/aromatic N) is 3. The van der Waals surface area contributed by atoms with Crippen molar-refractivity contribution in [3.05, 3.63) is 48.7 Å². The van der Waals surface area contributed by atoms with Crippen molar-refractivity contribution in [3.8, 4) is 0 Å². The number of nitrogens with one attached hydrogen (secondary N) is 2. The minimum absolute atomic E-state index is 0.115. The summed E-state index contributed by atoms with van der Waals surface area (Å²) in [6, 6.07) is 10.1. The summed E-state index contributed by atoms with van der Waals surface area (Å²) >= 11 is 0. The second kappa shape index (κ2) is 7.40. The molecule has 1 aromatic heterocycles. The van der Waals surface area contributed by atoms with E-state index in [1.165, 1.54) is 12.6 Å². The third-order valence-electron chi connectivity index (χ3n) is 5.46. The second-order valence-electron chi connectivity index (χ2n) is 6.92. The lowest BCUT2D eigenvalue weighted by Gasteiger charge is -2.43. The third-order valence-corrected chi connectivity index (χ3v) is 5.46. The quantitative estimate of drug-likeness (QED) is 0.811. The Hall–Kier alpha value is -2.87. The molecule has 0 bridgehead atoms. The molecule has 2 saturated heterocycles. The number of para-hydroxylation sites is 1. The van der Waals surface area contributed by atoms with E-state index in [-0.39, 0.29) is 17.6 Å². The lowest BCUT2D eigenvalue weighted by atomic mass is 9.85. The van der Waals surface area contributed by atoms with E-state index >= 15 is 0 Å². The molecule has 0 radical (unpaired) electrons. The van der Waals surface area contributed by atoms with Gasteiger partial charge in [-0.1, -0.05) is 18.2 Å². The fourth-order valence-corrected chi connectivity index (χ4v) is 3.92. The van der Waals surface area contributed by atoms with E-state index in [1.807, 2.05) is 30.3 Å². The maximum atomic E-state index is 12.6. The van der Waals surface area contributed by atoms with E-state index < -0.39 is 5.54 Å². The van der Waals surface area contributed by atoms with Gasteiger partial charge in [-0.2, -0.15) is 0 Å². The van der Waals surface area contributed by atoms with E-state index in [0.29, 0.717) is 13.2 Å². The number of piperidine rings is 1. The van der Waals surface area contributed by atoms with Crippen molar-refractivity contribution < 1.29 is 14.0 Å². The molecule has 8 heteroatoms. The molecular formula is C19H23N5O3. The molecule has 2 N–H and O–H groups in total. The molecule has 1 spiro atoms. The van der Waals surface area contributed by atoms with E-state index in [0.717, 1.165) is 38.2 Å². The molecule has 0 unspecified atom stereocenters. The minimum atomic E-state index is -0.471. The number of benzene rings is 1. The fourth-order valence-electron chi connectivity index (χ4n) is 3.92. The van der Waals surface area contributed by atoms with Crippen molar-refractivity contribution in [1.82, 2.24) is 20.5 Å². The van der Waals surface area contributed by atoms with Crippen molar-refractivity contribution in [3.63, 3.8) is 0 Å². The summed E-state index contributed by atoms with van der Waals surface area (Å²) < 4.78 is 4.98. The molecule has 0 aliphatic carbocycles. The number of likely N-dealkylation sites (tertiary alicyclic amines) is 1. The van der Waals surface area contributed by atoms with Gasteiger partial charge in [0, 0.05) is 31.9 Å². The van der Waals surface area contributed by atoms with Crippen LogP contribution in [0.1, 0.15) is 23.4 Å². The number of carbonyl (C=O) groups excluding carboxylic acids is 2. The zero-order chi connectivity index (χ0) is 18.7. The first-order valence-electron chi connectivity index (χ1n) is 9.19. The molecular weight excluding hydrogens is 346 g/mol. The Morgan fingerprint density at radius 2 is 2.04 bits per heavy atom. The molecule has 0 atom stereocenters. The monoisotopic (exact) mass is 369 g/mol. The topological polar surface area (TPSA) is 90.7 Å². The number of carbonyl (C=O) groups is 2. The van der Waals surface area contributed by atoms with Crippen LogP contribution in [-0.2, 0) is 4.79 Å².